The molecule has 1 aliphatic heterocycles. The fourth-order valence-electron chi connectivity index (χ4n) is 2.89. The minimum absolute atomic E-state index is 0.0550. The molecule has 0 unspecified atom stereocenters. The maximum absolute atomic E-state index is 12.4. The van der Waals surface area contributed by atoms with Crippen molar-refractivity contribution in [2.24, 2.45) is 0 Å². The van der Waals surface area contributed by atoms with Crippen LogP contribution in [0.15, 0.2) is 30.3 Å². The van der Waals surface area contributed by atoms with Gasteiger partial charge < -0.3 is 0 Å². The maximum Gasteiger partial charge on any atom is 0.261 e. The number of imide groups is 1. The maximum atomic E-state index is 12.4. The van der Waals surface area contributed by atoms with Crippen LogP contribution < -0.4 is 10.9 Å². The first-order chi connectivity index (χ1) is 12.8. The van der Waals surface area contributed by atoms with Gasteiger partial charge in [-0.3, -0.25) is 39.6 Å². The molecule has 0 spiro atoms. The second-order valence-electron chi connectivity index (χ2n) is 6.30. The van der Waals surface area contributed by atoms with Gasteiger partial charge in [0.25, 0.3) is 17.7 Å². The van der Waals surface area contributed by atoms with Gasteiger partial charge >= 0.3 is 0 Å². The van der Waals surface area contributed by atoms with E-state index in [-0.39, 0.29) is 13.0 Å². The molecular formula is C18H19N5O4. The molecule has 0 saturated carbocycles. The van der Waals surface area contributed by atoms with E-state index in [1.807, 2.05) is 19.9 Å². The summed E-state index contributed by atoms with van der Waals surface area (Å²) < 4.78 is 1.51. The van der Waals surface area contributed by atoms with Crippen LogP contribution in [-0.2, 0) is 27.3 Å². The molecule has 3 rings (SSSR count). The number of benzene rings is 1. The third-order valence-corrected chi connectivity index (χ3v) is 4.18. The Bertz CT molecular complexity index is 934. The van der Waals surface area contributed by atoms with Gasteiger partial charge in [-0.25, -0.2) is 0 Å². The van der Waals surface area contributed by atoms with E-state index < -0.39 is 30.2 Å². The van der Waals surface area contributed by atoms with Crippen LogP contribution in [0.25, 0.3) is 0 Å². The number of carbonyl (C=O) groups is 4. The monoisotopic (exact) mass is 369 g/mol. The second kappa shape index (κ2) is 7.40. The normalized spacial score (nSPS) is 13.3. The molecule has 0 radical (unpaired) electrons. The summed E-state index contributed by atoms with van der Waals surface area (Å²) >= 11 is 0. The molecule has 2 heterocycles. The number of hydrogen-bond acceptors (Lipinski definition) is 5. The molecule has 27 heavy (non-hydrogen) atoms. The first-order valence-electron chi connectivity index (χ1n) is 8.36. The number of nitrogens with zero attached hydrogens (tertiary/aromatic N) is 3. The van der Waals surface area contributed by atoms with Crippen LogP contribution in [0.5, 0.6) is 0 Å². The molecule has 0 saturated heterocycles. The Labute approximate surface area is 155 Å². The molecule has 0 aliphatic carbocycles. The average Bonchev–Trinajstić information content (AvgIpc) is 2.94. The van der Waals surface area contributed by atoms with E-state index in [2.05, 4.69) is 16.0 Å². The van der Waals surface area contributed by atoms with E-state index in [1.54, 1.807) is 24.3 Å². The van der Waals surface area contributed by atoms with E-state index in [4.69, 9.17) is 0 Å². The number of hydrogen-bond donors (Lipinski definition) is 2. The van der Waals surface area contributed by atoms with E-state index >= 15 is 0 Å². The smallest absolute Gasteiger partial charge is 0.261 e. The number of aryl methyl sites for hydroxylation is 2. The highest BCUT2D eigenvalue weighted by atomic mass is 16.2. The molecule has 1 aromatic carbocycles. The van der Waals surface area contributed by atoms with Crippen molar-refractivity contribution in [1.82, 2.24) is 25.5 Å². The summed E-state index contributed by atoms with van der Waals surface area (Å²) in [6.45, 7) is 3.10. The van der Waals surface area contributed by atoms with Gasteiger partial charge in [-0.2, -0.15) is 5.10 Å². The molecule has 4 amide bonds. The lowest BCUT2D eigenvalue weighted by atomic mass is 9.98. The summed E-state index contributed by atoms with van der Waals surface area (Å²) in [4.78, 5) is 49.4. The largest absolute Gasteiger partial charge is 0.274 e. The molecule has 9 nitrogen and oxygen atoms in total. The lowest BCUT2D eigenvalue weighted by Crippen LogP contribution is -2.51. The van der Waals surface area contributed by atoms with Crippen molar-refractivity contribution < 1.29 is 19.2 Å². The van der Waals surface area contributed by atoms with Crippen LogP contribution in [0.3, 0.4) is 0 Å². The van der Waals surface area contributed by atoms with Crippen molar-refractivity contribution in [2.45, 2.75) is 26.8 Å². The van der Waals surface area contributed by atoms with Crippen LogP contribution in [0, 0.1) is 13.8 Å². The number of nitrogens with one attached hydrogen (secondary N) is 2. The Hall–Kier alpha value is -3.49. The summed E-state index contributed by atoms with van der Waals surface area (Å²) in [5.74, 6) is -2.12. The van der Waals surface area contributed by atoms with Gasteiger partial charge in [-0.1, -0.05) is 18.2 Å². The second-order valence-corrected chi connectivity index (χ2v) is 6.30. The summed E-state index contributed by atoms with van der Waals surface area (Å²) in [7, 11) is 0. The number of amides is 4. The SMILES string of the molecule is Cc1cc(C)n(CC(=O)NNC(=O)CN2C(=O)Cc3ccccc3C2=O)n1. The Balaban J connectivity index is 1.55. The van der Waals surface area contributed by atoms with Gasteiger partial charge in [-0.15, -0.1) is 0 Å². The zero-order valence-corrected chi connectivity index (χ0v) is 15.0. The first kappa shape index (κ1) is 18.3. The lowest BCUT2D eigenvalue weighted by molar-refractivity contribution is -0.134. The average molecular weight is 369 g/mol. The Morgan fingerprint density at radius 1 is 1.07 bits per heavy atom. The molecule has 0 atom stereocenters. The first-order valence-corrected chi connectivity index (χ1v) is 8.36. The number of hydrazine groups is 1. The molecule has 1 aliphatic rings. The summed E-state index contributed by atoms with van der Waals surface area (Å²) in [5, 5.41) is 4.16. The molecular weight excluding hydrogens is 350 g/mol. The zero-order valence-electron chi connectivity index (χ0n) is 15.0. The van der Waals surface area contributed by atoms with Crippen LogP contribution in [0.2, 0.25) is 0 Å². The highest BCUT2D eigenvalue weighted by molar-refractivity contribution is 6.11. The molecule has 2 aromatic rings. The number of fused-ring (bicyclic) bond motifs is 1. The molecule has 140 valence electrons. The van der Waals surface area contributed by atoms with Crippen molar-refractivity contribution in [3.05, 3.63) is 52.8 Å². The molecule has 0 bridgehead atoms. The molecule has 1 aromatic heterocycles. The Morgan fingerprint density at radius 3 is 2.41 bits per heavy atom. The van der Waals surface area contributed by atoms with E-state index in [9.17, 15) is 19.2 Å². The van der Waals surface area contributed by atoms with E-state index in [1.165, 1.54) is 4.68 Å². The van der Waals surface area contributed by atoms with Crippen LogP contribution in [0.4, 0.5) is 0 Å². The fraction of sp³-hybridized carbons (Fsp3) is 0.278. The third-order valence-electron chi connectivity index (χ3n) is 4.18. The van der Waals surface area contributed by atoms with Gasteiger partial charge in [-0.05, 0) is 31.5 Å². The third kappa shape index (κ3) is 4.02. The molecule has 2 N–H and O–H groups in total. The quantitative estimate of drug-likeness (QED) is 0.576. The van der Waals surface area contributed by atoms with Crippen molar-refractivity contribution in [3.63, 3.8) is 0 Å². The van der Waals surface area contributed by atoms with Crippen LogP contribution in [-0.4, -0.2) is 44.9 Å². The van der Waals surface area contributed by atoms with Gasteiger partial charge in [0.2, 0.25) is 5.91 Å². The van der Waals surface area contributed by atoms with Crippen molar-refractivity contribution in [3.8, 4) is 0 Å². The number of rotatable bonds is 4. The van der Waals surface area contributed by atoms with Crippen LogP contribution >= 0.6 is 0 Å². The number of aromatic nitrogens is 2. The van der Waals surface area contributed by atoms with Gasteiger partial charge in [0, 0.05) is 11.3 Å². The standard InChI is InChI=1S/C18H19N5O4/c1-11-7-12(2)23(21-11)10-16(25)20-19-15(24)9-22-17(26)8-13-5-3-4-6-14(13)18(22)27/h3-7H,8-10H2,1-2H3,(H,19,24)(H,20,25). The fourth-order valence-corrected chi connectivity index (χ4v) is 2.89. The van der Waals surface area contributed by atoms with Gasteiger partial charge in [0.15, 0.2) is 0 Å². The van der Waals surface area contributed by atoms with Gasteiger partial charge in [0.1, 0.15) is 13.1 Å². The summed E-state index contributed by atoms with van der Waals surface area (Å²) in [6.07, 6.45) is 0.0550. The van der Waals surface area contributed by atoms with Gasteiger partial charge in [0.05, 0.1) is 12.1 Å². The van der Waals surface area contributed by atoms with Crippen molar-refractivity contribution in [1.29, 1.82) is 0 Å². The zero-order chi connectivity index (χ0) is 19.6. The summed E-state index contributed by atoms with van der Waals surface area (Å²) in [6, 6.07) is 8.61. The highest BCUT2D eigenvalue weighted by Crippen LogP contribution is 2.19. The number of carbonyl (C=O) groups excluding carboxylic acids is 4. The minimum Gasteiger partial charge on any atom is -0.274 e. The van der Waals surface area contributed by atoms with E-state index in [0.717, 1.165) is 16.3 Å². The molecule has 9 heteroatoms. The predicted molar refractivity (Wildman–Crippen MR) is 94.2 cm³/mol. The van der Waals surface area contributed by atoms with Crippen molar-refractivity contribution >= 4 is 23.6 Å². The van der Waals surface area contributed by atoms with Crippen molar-refractivity contribution in [2.75, 3.05) is 6.54 Å². The Kier molecular flexibility index (Phi) is 5.02. The minimum atomic E-state index is -0.669. The van der Waals surface area contributed by atoms with Crippen LogP contribution in [0.1, 0.15) is 27.3 Å². The molecule has 0 fully saturated rings. The Morgan fingerprint density at radius 2 is 1.74 bits per heavy atom. The van der Waals surface area contributed by atoms with E-state index in [0.29, 0.717) is 11.1 Å². The topological polar surface area (TPSA) is 113 Å². The highest BCUT2D eigenvalue weighted by Gasteiger charge is 2.31. The summed E-state index contributed by atoms with van der Waals surface area (Å²) in [5.41, 5.74) is 7.12. The predicted octanol–water partition coefficient (Wildman–Crippen LogP) is -0.128. The lowest BCUT2D eigenvalue weighted by Gasteiger charge is -2.26.